The van der Waals surface area contributed by atoms with Crippen molar-refractivity contribution in [2.75, 3.05) is 12.8 Å². The van der Waals surface area contributed by atoms with E-state index < -0.39 is 0 Å². The Balaban J connectivity index is -0.0000000511. The van der Waals surface area contributed by atoms with Crippen molar-refractivity contribution in [2.45, 2.75) is 26.1 Å². The van der Waals surface area contributed by atoms with E-state index in [0.29, 0.717) is 0 Å². The van der Waals surface area contributed by atoms with Gasteiger partial charge in [-0.25, -0.2) is 12.2 Å². The van der Waals surface area contributed by atoms with Gasteiger partial charge in [-0.15, -0.1) is 29.6 Å². The van der Waals surface area contributed by atoms with Gasteiger partial charge in [0.15, 0.2) is 0 Å². The van der Waals surface area contributed by atoms with Crippen molar-refractivity contribution < 1.29 is 26.2 Å². The summed E-state index contributed by atoms with van der Waals surface area (Å²) >= 11 is 9.28. The molecule has 0 nitrogen and oxygen atoms in total. The standard InChI is InChI=1S/C5H5.C3H9Si.2CH3Cl.Zr/c1-2-4-5-3-1;1-4(2)3;2*1-2;/h1-3H,4H2;1-3H3;2*1H3;/q-1;;;;. The van der Waals surface area contributed by atoms with E-state index in [1.807, 2.05) is 12.2 Å². The van der Waals surface area contributed by atoms with Gasteiger partial charge in [0.2, 0.25) is 0 Å². The van der Waals surface area contributed by atoms with Crippen LogP contribution in [-0.4, -0.2) is 21.6 Å². The molecule has 0 atom stereocenters. The van der Waals surface area contributed by atoms with Crippen LogP contribution in [0.1, 0.15) is 6.42 Å². The van der Waals surface area contributed by atoms with Gasteiger partial charge in [-0.2, -0.15) is 6.08 Å². The topological polar surface area (TPSA) is 0 Å². The first-order chi connectivity index (χ1) is 6.23. The fourth-order valence-electron chi connectivity index (χ4n) is 0.340. The molecule has 0 N–H and O–H groups in total. The molecule has 0 saturated heterocycles. The molecule has 4 heteroatoms. The number of rotatable bonds is 0. The number of halogens is 2. The Morgan fingerprint density at radius 3 is 1.50 bits per heavy atom. The van der Waals surface area contributed by atoms with E-state index >= 15 is 0 Å². The Labute approximate surface area is 120 Å². The van der Waals surface area contributed by atoms with Crippen LogP contribution in [0, 0.1) is 6.08 Å². The SMILES string of the molecule is CCl.CCl.C[Si](C)C.[C-]1=CC=CC1.[Zr]. The van der Waals surface area contributed by atoms with Crippen LogP contribution in [0.5, 0.6) is 0 Å². The third-order valence-corrected chi connectivity index (χ3v) is 0.586. The molecule has 1 rings (SSSR count). The molecular weight excluding hydrogens is 310 g/mol. The zero-order valence-electron chi connectivity index (χ0n) is 9.70. The molecule has 0 aromatic rings. The first kappa shape index (κ1) is 24.4. The molecule has 14 heavy (non-hydrogen) atoms. The third kappa shape index (κ3) is 51.3. The summed E-state index contributed by atoms with van der Waals surface area (Å²) in [6.45, 7) is 6.81. The molecule has 0 saturated carbocycles. The largest absolute Gasteiger partial charge is 0.273 e. The van der Waals surface area contributed by atoms with Gasteiger partial charge in [0.1, 0.15) is 0 Å². The molecule has 0 aromatic carbocycles. The second-order valence-corrected chi connectivity index (χ2v) is 5.50. The molecule has 0 spiro atoms. The Hall–Kier alpha value is 1.16. The van der Waals surface area contributed by atoms with Crippen LogP contribution in [0.3, 0.4) is 0 Å². The van der Waals surface area contributed by atoms with Gasteiger partial charge in [0.25, 0.3) is 0 Å². The van der Waals surface area contributed by atoms with Gasteiger partial charge < -0.3 is 0 Å². The molecule has 1 aliphatic rings. The summed E-state index contributed by atoms with van der Waals surface area (Å²) in [6.07, 6.45) is 12.9. The van der Waals surface area contributed by atoms with Crippen LogP contribution in [0.15, 0.2) is 18.2 Å². The minimum atomic E-state index is 0. The normalized spacial score (nSPS) is 9.71. The first-order valence-corrected chi connectivity index (χ1v) is 8.48. The summed E-state index contributed by atoms with van der Waals surface area (Å²) in [5, 5.41) is 0. The monoisotopic (exact) mass is 328 g/mol. The Morgan fingerprint density at radius 1 is 1.07 bits per heavy atom. The summed E-state index contributed by atoms with van der Waals surface area (Å²) < 4.78 is 0. The predicted octanol–water partition coefficient (Wildman–Crippen LogP) is 4.38. The maximum Gasteiger partial charge on any atom is 0.0379 e. The molecule has 0 aliphatic heterocycles. The minimum Gasteiger partial charge on any atom is -0.273 e. The van der Waals surface area contributed by atoms with E-state index in [4.69, 9.17) is 0 Å². The van der Waals surface area contributed by atoms with Gasteiger partial charge in [-0.05, 0) is 0 Å². The van der Waals surface area contributed by atoms with Crippen molar-refractivity contribution in [3.8, 4) is 0 Å². The molecule has 0 fully saturated rings. The van der Waals surface area contributed by atoms with E-state index in [-0.39, 0.29) is 35.0 Å². The zero-order valence-corrected chi connectivity index (χ0v) is 14.7. The van der Waals surface area contributed by atoms with Gasteiger partial charge in [0, 0.05) is 47.8 Å². The summed E-state index contributed by atoms with van der Waals surface area (Å²) in [7, 11) is 0.120. The minimum absolute atomic E-state index is 0. The van der Waals surface area contributed by atoms with Crippen molar-refractivity contribution in [1.82, 2.24) is 0 Å². The van der Waals surface area contributed by atoms with Crippen LogP contribution in [0.4, 0.5) is 0 Å². The predicted molar refractivity (Wildman–Crippen MR) is 68.5 cm³/mol. The molecular formula is C10H20Cl2SiZr-. The van der Waals surface area contributed by atoms with Crippen molar-refractivity contribution in [3.63, 3.8) is 0 Å². The van der Waals surface area contributed by atoms with Crippen LogP contribution >= 0.6 is 23.2 Å². The van der Waals surface area contributed by atoms with Crippen molar-refractivity contribution in [3.05, 3.63) is 24.3 Å². The quantitative estimate of drug-likeness (QED) is 0.351. The summed E-state index contributed by atoms with van der Waals surface area (Å²) in [4.78, 5) is 0. The van der Waals surface area contributed by atoms with Crippen molar-refractivity contribution in [1.29, 1.82) is 0 Å². The molecule has 0 heterocycles. The average Bonchev–Trinajstić information content (AvgIpc) is 2.67. The fourth-order valence-corrected chi connectivity index (χ4v) is 0.340. The zero-order chi connectivity index (χ0) is 11.1. The maximum absolute atomic E-state index is 4.64. The Bertz CT molecular complexity index is 102. The summed E-state index contributed by atoms with van der Waals surface area (Å²) in [5.41, 5.74) is 0. The third-order valence-electron chi connectivity index (χ3n) is 0.586. The van der Waals surface area contributed by atoms with Crippen LogP contribution < -0.4 is 0 Å². The average molecular weight is 330 g/mol. The van der Waals surface area contributed by atoms with Crippen LogP contribution in [0.25, 0.3) is 0 Å². The van der Waals surface area contributed by atoms with Gasteiger partial charge in [0.05, 0.1) is 0 Å². The molecule has 0 amide bonds. The van der Waals surface area contributed by atoms with Crippen molar-refractivity contribution in [2.24, 2.45) is 0 Å². The second-order valence-electron chi connectivity index (χ2n) is 2.50. The van der Waals surface area contributed by atoms with Crippen LogP contribution in [-0.2, 0) is 26.2 Å². The smallest absolute Gasteiger partial charge is 0.0379 e. The maximum atomic E-state index is 4.64. The van der Waals surface area contributed by atoms with E-state index in [2.05, 4.69) is 55.0 Å². The van der Waals surface area contributed by atoms with Crippen molar-refractivity contribution >= 4 is 32.0 Å². The van der Waals surface area contributed by atoms with E-state index in [1.165, 1.54) is 12.8 Å². The molecule has 83 valence electrons. The van der Waals surface area contributed by atoms with E-state index in [1.54, 1.807) is 0 Å². The van der Waals surface area contributed by atoms with Gasteiger partial charge in [-0.3, -0.25) is 6.08 Å². The summed E-state index contributed by atoms with van der Waals surface area (Å²) in [6, 6.07) is 0. The number of hydrogen-bond acceptors (Lipinski definition) is 0. The fraction of sp³-hybridized carbons (Fsp3) is 0.600. The number of hydrogen-bond donors (Lipinski definition) is 0. The molecule has 0 unspecified atom stereocenters. The van der Waals surface area contributed by atoms with E-state index in [9.17, 15) is 0 Å². The van der Waals surface area contributed by atoms with E-state index in [0.717, 1.165) is 6.42 Å². The van der Waals surface area contributed by atoms with Gasteiger partial charge in [-0.1, -0.05) is 19.6 Å². The molecule has 1 aliphatic carbocycles. The second kappa shape index (κ2) is 29.2. The molecule has 1 radical (unpaired) electrons. The number of alkyl halides is 2. The number of allylic oxidation sites excluding steroid dienone is 4. The van der Waals surface area contributed by atoms with Crippen LogP contribution in [0.2, 0.25) is 19.6 Å². The Morgan fingerprint density at radius 2 is 1.43 bits per heavy atom. The first-order valence-electron chi connectivity index (χ1n) is 3.97. The Kier molecular flexibility index (Phi) is 51.0. The molecule has 0 bridgehead atoms. The molecule has 0 aromatic heterocycles. The van der Waals surface area contributed by atoms with Gasteiger partial charge >= 0.3 is 0 Å². The summed E-state index contributed by atoms with van der Waals surface area (Å²) in [5.74, 6) is 0.